The van der Waals surface area contributed by atoms with Crippen molar-refractivity contribution in [1.29, 1.82) is 0 Å². The molecule has 0 spiro atoms. The Labute approximate surface area is 209 Å². The van der Waals surface area contributed by atoms with Gasteiger partial charge in [0, 0.05) is 34.3 Å². The summed E-state index contributed by atoms with van der Waals surface area (Å²) >= 11 is 1.55. The van der Waals surface area contributed by atoms with Crippen LogP contribution in [-0.4, -0.2) is 39.1 Å². The van der Waals surface area contributed by atoms with E-state index in [0.29, 0.717) is 5.69 Å². The lowest BCUT2D eigenvalue weighted by Crippen LogP contribution is -2.37. The molecule has 0 saturated heterocycles. The zero-order valence-electron chi connectivity index (χ0n) is 18.9. The van der Waals surface area contributed by atoms with Crippen molar-refractivity contribution in [2.75, 3.05) is 11.9 Å². The number of fused-ring (bicyclic) bond motifs is 1. The van der Waals surface area contributed by atoms with Crippen LogP contribution in [0, 0.1) is 17.0 Å². The van der Waals surface area contributed by atoms with Gasteiger partial charge in [0.1, 0.15) is 11.6 Å². The number of aromatic nitrogens is 1. The van der Waals surface area contributed by atoms with Crippen LogP contribution in [0.3, 0.4) is 0 Å². The molecule has 1 aliphatic rings. The number of carbonyl (C=O) groups excluding carboxylic acids is 3. The Hall–Kier alpha value is -4.70. The number of nitrogens with one attached hydrogen (secondary N) is 1. The first-order valence-corrected chi connectivity index (χ1v) is 11.8. The number of nitro benzene ring substituents is 1. The first-order chi connectivity index (χ1) is 17.3. The Bertz CT molecular complexity index is 1540. The number of benzene rings is 3. The van der Waals surface area contributed by atoms with Crippen LogP contribution < -0.4 is 5.32 Å². The van der Waals surface area contributed by atoms with Crippen molar-refractivity contribution in [3.8, 4) is 21.8 Å². The minimum Gasteiger partial charge on any atom is -0.325 e. The Kier molecular flexibility index (Phi) is 5.87. The molecule has 0 unspecified atom stereocenters. The Morgan fingerprint density at radius 1 is 1.00 bits per heavy atom. The summed E-state index contributed by atoms with van der Waals surface area (Å²) in [6.07, 6.45) is 0. The molecule has 0 bridgehead atoms. The number of hydrogen-bond acceptors (Lipinski definition) is 7. The predicted molar refractivity (Wildman–Crippen MR) is 135 cm³/mol. The summed E-state index contributed by atoms with van der Waals surface area (Å²) in [6, 6.07) is 18.6. The van der Waals surface area contributed by atoms with Gasteiger partial charge in [-0.05, 0) is 30.7 Å². The minimum absolute atomic E-state index is 0.0380. The second-order valence-electron chi connectivity index (χ2n) is 8.16. The summed E-state index contributed by atoms with van der Waals surface area (Å²) in [6.45, 7) is 1.54. The van der Waals surface area contributed by atoms with E-state index in [0.717, 1.165) is 44.4 Å². The van der Waals surface area contributed by atoms with Gasteiger partial charge in [0.25, 0.3) is 17.5 Å². The quantitative estimate of drug-likeness (QED) is 0.229. The van der Waals surface area contributed by atoms with Gasteiger partial charge in [-0.2, -0.15) is 0 Å². The average molecular weight is 499 g/mol. The second kappa shape index (κ2) is 9.16. The van der Waals surface area contributed by atoms with E-state index in [2.05, 4.69) is 5.32 Å². The van der Waals surface area contributed by atoms with Crippen LogP contribution in [0.5, 0.6) is 0 Å². The van der Waals surface area contributed by atoms with Crippen molar-refractivity contribution < 1.29 is 19.3 Å². The number of nitro groups is 1. The van der Waals surface area contributed by atoms with Gasteiger partial charge in [-0.25, -0.2) is 4.98 Å². The third kappa shape index (κ3) is 4.25. The highest BCUT2D eigenvalue weighted by Gasteiger charge is 2.37. The van der Waals surface area contributed by atoms with Crippen LogP contribution in [0.15, 0.2) is 72.1 Å². The first-order valence-electron chi connectivity index (χ1n) is 10.9. The molecule has 2 heterocycles. The van der Waals surface area contributed by atoms with Gasteiger partial charge in [-0.3, -0.25) is 29.4 Å². The van der Waals surface area contributed by atoms with Crippen molar-refractivity contribution in [1.82, 2.24) is 9.88 Å². The molecule has 4 aromatic rings. The van der Waals surface area contributed by atoms with Crippen molar-refractivity contribution in [3.05, 3.63) is 98.9 Å². The molecule has 0 fully saturated rings. The van der Waals surface area contributed by atoms with Gasteiger partial charge >= 0.3 is 0 Å². The molecular formula is C26H18N4O5S. The van der Waals surface area contributed by atoms with Crippen LogP contribution in [0.1, 0.15) is 26.3 Å². The normalized spacial score (nSPS) is 12.5. The van der Waals surface area contributed by atoms with E-state index in [1.807, 2.05) is 48.7 Å². The standard InChI is InChI=1S/C26H18N4O5S/c1-15-4-2-3-5-19(15)24-28-22(14-36-24)16-6-8-17(9-7-16)27-23(31)13-29-25(32)20-11-10-18(30(34)35)12-21(20)26(29)33/h2-12,14H,13H2,1H3,(H,27,31). The van der Waals surface area contributed by atoms with Crippen LogP contribution in [0.25, 0.3) is 21.8 Å². The van der Waals surface area contributed by atoms with Crippen molar-refractivity contribution in [2.24, 2.45) is 0 Å². The summed E-state index contributed by atoms with van der Waals surface area (Å²) in [4.78, 5) is 53.5. The lowest BCUT2D eigenvalue weighted by molar-refractivity contribution is -0.384. The number of rotatable bonds is 6. The number of thiazole rings is 1. The molecule has 10 heteroatoms. The molecule has 5 rings (SSSR count). The summed E-state index contributed by atoms with van der Waals surface area (Å²) in [5, 5.41) is 16.5. The number of hydrogen-bond donors (Lipinski definition) is 1. The van der Waals surface area contributed by atoms with Crippen LogP contribution >= 0.6 is 11.3 Å². The summed E-state index contributed by atoms with van der Waals surface area (Å²) in [7, 11) is 0. The highest BCUT2D eigenvalue weighted by molar-refractivity contribution is 7.13. The van der Waals surface area contributed by atoms with Crippen LogP contribution in [0.4, 0.5) is 11.4 Å². The largest absolute Gasteiger partial charge is 0.325 e. The molecule has 3 amide bonds. The lowest BCUT2D eigenvalue weighted by Gasteiger charge is -2.13. The summed E-state index contributed by atoms with van der Waals surface area (Å²) in [5.41, 5.74) is 4.07. The third-order valence-electron chi connectivity index (χ3n) is 5.81. The predicted octanol–water partition coefficient (Wildman–Crippen LogP) is 4.93. The van der Waals surface area contributed by atoms with Gasteiger partial charge in [0.2, 0.25) is 5.91 Å². The van der Waals surface area contributed by atoms with E-state index in [1.165, 1.54) is 6.07 Å². The number of carbonyl (C=O) groups is 3. The molecule has 0 saturated carbocycles. The molecular weight excluding hydrogens is 480 g/mol. The zero-order valence-corrected chi connectivity index (χ0v) is 19.7. The molecule has 36 heavy (non-hydrogen) atoms. The Morgan fingerprint density at radius 3 is 2.44 bits per heavy atom. The van der Waals surface area contributed by atoms with E-state index >= 15 is 0 Å². The fourth-order valence-electron chi connectivity index (χ4n) is 3.95. The number of imide groups is 1. The topological polar surface area (TPSA) is 123 Å². The lowest BCUT2D eigenvalue weighted by atomic mass is 10.1. The van der Waals surface area contributed by atoms with Crippen molar-refractivity contribution in [3.63, 3.8) is 0 Å². The van der Waals surface area contributed by atoms with Crippen LogP contribution in [-0.2, 0) is 4.79 Å². The Morgan fingerprint density at radius 2 is 1.72 bits per heavy atom. The molecule has 0 radical (unpaired) electrons. The maximum atomic E-state index is 12.6. The SMILES string of the molecule is Cc1ccccc1-c1nc(-c2ccc(NC(=O)CN3C(=O)c4ccc([N+](=O)[O-])cc4C3=O)cc2)cs1. The molecule has 3 aromatic carbocycles. The summed E-state index contributed by atoms with van der Waals surface area (Å²) in [5.74, 6) is -1.97. The van der Waals surface area contributed by atoms with Gasteiger partial charge < -0.3 is 5.32 Å². The monoisotopic (exact) mass is 498 g/mol. The smallest absolute Gasteiger partial charge is 0.270 e. The highest BCUT2D eigenvalue weighted by Crippen LogP contribution is 2.31. The fourth-order valence-corrected chi connectivity index (χ4v) is 4.87. The van der Waals surface area contributed by atoms with E-state index in [4.69, 9.17) is 4.98 Å². The van der Waals surface area contributed by atoms with E-state index < -0.39 is 29.2 Å². The molecule has 178 valence electrons. The van der Waals surface area contributed by atoms with Gasteiger partial charge in [0.05, 0.1) is 21.7 Å². The van der Waals surface area contributed by atoms with Gasteiger partial charge in [-0.15, -0.1) is 11.3 Å². The third-order valence-corrected chi connectivity index (χ3v) is 6.69. The number of anilines is 1. The van der Waals surface area contributed by atoms with E-state index in [1.54, 1.807) is 23.5 Å². The highest BCUT2D eigenvalue weighted by atomic mass is 32.1. The zero-order chi connectivity index (χ0) is 25.4. The number of aryl methyl sites for hydroxylation is 1. The van der Waals surface area contributed by atoms with Crippen molar-refractivity contribution in [2.45, 2.75) is 6.92 Å². The minimum atomic E-state index is -0.739. The maximum absolute atomic E-state index is 12.6. The number of nitrogens with zero attached hydrogens (tertiary/aromatic N) is 3. The fraction of sp³-hybridized carbons (Fsp3) is 0.0769. The average Bonchev–Trinajstić information content (AvgIpc) is 3.44. The maximum Gasteiger partial charge on any atom is 0.270 e. The molecule has 1 aliphatic heterocycles. The van der Waals surface area contributed by atoms with Crippen molar-refractivity contribution >= 4 is 40.4 Å². The van der Waals surface area contributed by atoms with E-state index in [-0.39, 0.29) is 16.8 Å². The van der Waals surface area contributed by atoms with Gasteiger partial charge in [0.15, 0.2) is 0 Å². The Balaban J connectivity index is 1.25. The summed E-state index contributed by atoms with van der Waals surface area (Å²) < 4.78 is 0. The number of non-ortho nitro benzene ring substituents is 1. The molecule has 0 atom stereocenters. The molecule has 9 nitrogen and oxygen atoms in total. The first kappa shape index (κ1) is 23.1. The number of amides is 3. The second-order valence-corrected chi connectivity index (χ2v) is 9.02. The van der Waals surface area contributed by atoms with Gasteiger partial charge in [-0.1, -0.05) is 36.4 Å². The molecule has 1 N–H and O–H groups in total. The van der Waals surface area contributed by atoms with E-state index in [9.17, 15) is 24.5 Å². The van der Waals surface area contributed by atoms with Crippen LogP contribution in [0.2, 0.25) is 0 Å². The molecule has 1 aromatic heterocycles. The molecule has 0 aliphatic carbocycles.